The Labute approximate surface area is 138 Å². The Kier molecular flexibility index (Phi) is 4.55. The van der Waals surface area contributed by atoms with Crippen LogP contribution in [-0.2, 0) is 16.4 Å². The fourth-order valence-corrected chi connectivity index (χ4v) is 4.36. The molecule has 0 aliphatic heterocycles. The highest BCUT2D eigenvalue weighted by Crippen LogP contribution is 2.34. The quantitative estimate of drug-likeness (QED) is 0.922. The van der Waals surface area contributed by atoms with Gasteiger partial charge < -0.3 is 0 Å². The van der Waals surface area contributed by atoms with Gasteiger partial charge in [-0.25, -0.2) is 13.6 Å². The lowest BCUT2D eigenvalue weighted by molar-refractivity contribution is 0.417. The summed E-state index contributed by atoms with van der Waals surface area (Å²) < 4.78 is 23.5. The van der Waals surface area contributed by atoms with Gasteiger partial charge >= 0.3 is 0 Å². The molecule has 2 aromatic rings. The van der Waals surface area contributed by atoms with E-state index in [0.717, 1.165) is 23.8 Å². The van der Waals surface area contributed by atoms with E-state index in [-0.39, 0.29) is 4.90 Å². The van der Waals surface area contributed by atoms with Crippen molar-refractivity contribution in [2.24, 2.45) is 17.0 Å². The van der Waals surface area contributed by atoms with E-state index in [1.54, 1.807) is 18.2 Å². The summed E-state index contributed by atoms with van der Waals surface area (Å²) >= 11 is 0. The van der Waals surface area contributed by atoms with Crippen molar-refractivity contribution in [1.82, 2.24) is 0 Å². The molecule has 122 valence electrons. The molecule has 1 aliphatic carbocycles. The van der Waals surface area contributed by atoms with Crippen LogP contribution >= 0.6 is 0 Å². The van der Waals surface area contributed by atoms with E-state index in [1.165, 1.54) is 24.8 Å². The van der Waals surface area contributed by atoms with Crippen molar-refractivity contribution in [2.75, 3.05) is 0 Å². The van der Waals surface area contributed by atoms with Crippen LogP contribution in [0.2, 0.25) is 0 Å². The molecule has 0 aromatic heterocycles. The summed E-state index contributed by atoms with van der Waals surface area (Å²) in [6.45, 7) is 2.34. The number of sulfonamides is 1. The molecule has 1 unspecified atom stereocenters. The largest absolute Gasteiger partial charge is 0.238 e. The Bertz CT molecular complexity index is 781. The molecule has 0 amide bonds. The third kappa shape index (κ3) is 3.65. The number of primary sulfonamides is 1. The highest BCUT2D eigenvalue weighted by Gasteiger charge is 2.23. The highest BCUT2D eigenvalue weighted by molar-refractivity contribution is 7.89. The van der Waals surface area contributed by atoms with E-state index in [1.807, 2.05) is 18.2 Å². The molecule has 2 aromatic carbocycles. The Morgan fingerprint density at radius 2 is 1.74 bits per heavy atom. The first-order valence-electron chi connectivity index (χ1n) is 8.16. The number of hydrogen-bond acceptors (Lipinski definition) is 2. The first-order chi connectivity index (χ1) is 10.9. The second-order valence-electron chi connectivity index (χ2n) is 6.61. The van der Waals surface area contributed by atoms with E-state index in [2.05, 4.69) is 19.1 Å². The average molecular weight is 329 g/mol. The summed E-state index contributed by atoms with van der Waals surface area (Å²) in [7, 11) is -3.72. The van der Waals surface area contributed by atoms with E-state index in [9.17, 15) is 8.42 Å². The molecule has 2 N–H and O–H groups in total. The van der Waals surface area contributed by atoms with Gasteiger partial charge in [0.25, 0.3) is 0 Å². The average Bonchev–Trinajstić information content (AvgIpc) is 2.92. The smallest absolute Gasteiger partial charge is 0.225 e. The Morgan fingerprint density at radius 3 is 2.35 bits per heavy atom. The van der Waals surface area contributed by atoms with Crippen LogP contribution in [0, 0.1) is 11.8 Å². The van der Waals surface area contributed by atoms with Crippen molar-refractivity contribution < 1.29 is 8.42 Å². The van der Waals surface area contributed by atoms with Crippen molar-refractivity contribution in [3.63, 3.8) is 0 Å². The van der Waals surface area contributed by atoms with Crippen LogP contribution in [-0.4, -0.2) is 8.42 Å². The number of rotatable bonds is 4. The van der Waals surface area contributed by atoms with Crippen molar-refractivity contribution >= 4 is 10.0 Å². The summed E-state index contributed by atoms with van der Waals surface area (Å²) in [5.74, 6) is 1.58. The second-order valence-corrected chi connectivity index (χ2v) is 8.14. The van der Waals surface area contributed by atoms with Crippen molar-refractivity contribution in [3.05, 3.63) is 54.1 Å². The summed E-state index contributed by atoms with van der Waals surface area (Å²) in [6, 6.07) is 15.1. The van der Waals surface area contributed by atoms with Crippen molar-refractivity contribution in [2.45, 2.75) is 37.5 Å². The summed E-state index contributed by atoms with van der Waals surface area (Å²) in [5, 5.41) is 5.32. The molecule has 1 fully saturated rings. The molecule has 0 radical (unpaired) electrons. The maximum Gasteiger partial charge on any atom is 0.238 e. The number of benzene rings is 2. The molecule has 0 spiro atoms. The lowest BCUT2D eigenvalue weighted by atomic mass is 9.90. The molecule has 3 rings (SSSR count). The molecule has 23 heavy (non-hydrogen) atoms. The fourth-order valence-electron chi connectivity index (χ4n) is 3.60. The van der Waals surface area contributed by atoms with Gasteiger partial charge in [-0.05, 0) is 41.9 Å². The zero-order chi connectivity index (χ0) is 16.4. The van der Waals surface area contributed by atoms with E-state index in [4.69, 9.17) is 5.14 Å². The summed E-state index contributed by atoms with van der Waals surface area (Å²) in [6.07, 6.45) is 5.10. The molecule has 0 bridgehead atoms. The third-order valence-electron chi connectivity index (χ3n) is 5.00. The highest BCUT2D eigenvalue weighted by atomic mass is 32.2. The van der Waals surface area contributed by atoms with E-state index in [0.29, 0.717) is 5.56 Å². The predicted molar refractivity (Wildman–Crippen MR) is 93.5 cm³/mol. The second kappa shape index (κ2) is 6.46. The minimum atomic E-state index is -3.72. The monoisotopic (exact) mass is 329 g/mol. The number of hydrogen-bond donors (Lipinski definition) is 1. The first-order valence-corrected chi connectivity index (χ1v) is 9.71. The first kappa shape index (κ1) is 16.2. The zero-order valence-electron chi connectivity index (χ0n) is 13.4. The van der Waals surface area contributed by atoms with Crippen LogP contribution in [0.4, 0.5) is 0 Å². The van der Waals surface area contributed by atoms with Gasteiger partial charge in [-0.1, -0.05) is 62.2 Å². The molecule has 1 saturated carbocycles. The van der Waals surface area contributed by atoms with Crippen molar-refractivity contribution in [3.8, 4) is 11.1 Å². The van der Waals surface area contributed by atoms with Crippen LogP contribution in [0.1, 0.15) is 31.7 Å². The van der Waals surface area contributed by atoms with Crippen molar-refractivity contribution in [1.29, 1.82) is 0 Å². The number of nitrogens with two attached hydrogens (primary N) is 1. The Morgan fingerprint density at radius 1 is 1.04 bits per heavy atom. The van der Waals surface area contributed by atoms with Gasteiger partial charge in [-0.15, -0.1) is 0 Å². The summed E-state index contributed by atoms with van der Waals surface area (Å²) in [4.78, 5) is 0.178. The molecule has 0 heterocycles. The van der Waals surface area contributed by atoms with E-state index >= 15 is 0 Å². The van der Waals surface area contributed by atoms with Crippen LogP contribution < -0.4 is 5.14 Å². The summed E-state index contributed by atoms with van der Waals surface area (Å²) in [5.41, 5.74) is 2.87. The lowest BCUT2D eigenvalue weighted by Crippen LogP contribution is -2.13. The maximum atomic E-state index is 11.7. The third-order valence-corrected chi connectivity index (χ3v) is 5.96. The van der Waals surface area contributed by atoms with Gasteiger partial charge in [0.15, 0.2) is 0 Å². The molecular weight excluding hydrogens is 306 g/mol. The molecule has 0 saturated heterocycles. The SMILES string of the molecule is C[C@@H]1CCCC1Cc1ccc(-c2ccccc2S(N)(=O)=O)cc1. The van der Waals surface area contributed by atoms with Gasteiger partial charge in [0.2, 0.25) is 10.0 Å². The van der Waals surface area contributed by atoms with Crippen LogP contribution in [0.15, 0.2) is 53.4 Å². The molecule has 1 aliphatic rings. The van der Waals surface area contributed by atoms with Crippen LogP contribution in [0.5, 0.6) is 0 Å². The van der Waals surface area contributed by atoms with Gasteiger partial charge in [0.1, 0.15) is 0 Å². The minimum absolute atomic E-state index is 0.178. The lowest BCUT2D eigenvalue weighted by Gasteiger charge is -2.15. The fraction of sp³-hybridized carbons (Fsp3) is 0.368. The molecular formula is C19H23NO2S. The molecule has 4 heteroatoms. The minimum Gasteiger partial charge on any atom is -0.225 e. The zero-order valence-corrected chi connectivity index (χ0v) is 14.2. The van der Waals surface area contributed by atoms with Gasteiger partial charge in [0, 0.05) is 5.56 Å². The Hall–Kier alpha value is -1.65. The van der Waals surface area contributed by atoms with Crippen LogP contribution in [0.25, 0.3) is 11.1 Å². The maximum absolute atomic E-state index is 11.7. The normalized spacial score (nSPS) is 21.5. The van der Waals surface area contributed by atoms with Gasteiger partial charge in [-0.2, -0.15) is 0 Å². The standard InChI is InChI=1S/C19H23NO2S/c1-14-5-4-6-17(14)13-15-9-11-16(12-10-15)18-7-2-3-8-19(18)23(20,21)22/h2-3,7-12,14,17H,4-6,13H2,1H3,(H2,20,21,22)/t14-,17?/m1/s1. The molecule has 2 atom stereocenters. The van der Waals surface area contributed by atoms with Crippen LogP contribution in [0.3, 0.4) is 0 Å². The topological polar surface area (TPSA) is 60.2 Å². The molecule has 3 nitrogen and oxygen atoms in total. The Balaban J connectivity index is 1.86. The predicted octanol–water partition coefficient (Wildman–Crippen LogP) is 3.98. The van der Waals surface area contributed by atoms with Gasteiger partial charge in [0.05, 0.1) is 4.90 Å². The van der Waals surface area contributed by atoms with E-state index < -0.39 is 10.0 Å². The van der Waals surface area contributed by atoms with Gasteiger partial charge in [-0.3, -0.25) is 0 Å².